The average Bonchev–Trinajstić information content (AvgIpc) is 2.16. The zero-order valence-corrected chi connectivity index (χ0v) is 10.2. The van der Waals surface area contributed by atoms with Crippen molar-refractivity contribution in [2.24, 2.45) is 5.92 Å². The van der Waals surface area contributed by atoms with E-state index in [1.165, 1.54) is 5.56 Å². The molecule has 0 aromatic heterocycles. The molecule has 0 bridgehead atoms. The van der Waals surface area contributed by atoms with Crippen LogP contribution in [0.4, 0.5) is 0 Å². The molecule has 0 saturated carbocycles. The van der Waals surface area contributed by atoms with Crippen molar-refractivity contribution >= 4 is 11.6 Å². The van der Waals surface area contributed by atoms with E-state index in [1.807, 2.05) is 12.1 Å². The fourth-order valence-corrected chi connectivity index (χ4v) is 2.08. The van der Waals surface area contributed by atoms with Crippen molar-refractivity contribution in [1.82, 2.24) is 0 Å². The number of alkyl halides is 1. The number of benzene rings is 1. The Balaban J connectivity index is 2.33. The molecular formula is C13H19ClO. The van der Waals surface area contributed by atoms with Crippen LogP contribution in [0.15, 0.2) is 24.3 Å². The number of hydrogen-bond acceptors (Lipinski definition) is 1. The first-order valence-corrected chi connectivity index (χ1v) is 5.93. The predicted octanol–water partition coefficient (Wildman–Crippen LogP) is 3.98. The number of phenolic OH excluding ortho intramolecular Hbond substituents is 1. The fourth-order valence-electron chi connectivity index (χ4n) is 1.62. The first-order valence-electron chi connectivity index (χ1n) is 5.50. The van der Waals surface area contributed by atoms with Gasteiger partial charge in [-0.15, -0.1) is 11.6 Å². The summed E-state index contributed by atoms with van der Waals surface area (Å²) in [6.07, 6.45) is 3.06. The Morgan fingerprint density at radius 1 is 1.20 bits per heavy atom. The summed E-state index contributed by atoms with van der Waals surface area (Å²) in [5.41, 5.74) is 1.24. The van der Waals surface area contributed by atoms with Crippen LogP contribution in [-0.4, -0.2) is 10.5 Å². The van der Waals surface area contributed by atoms with Gasteiger partial charge in [-0.05, 0) is 42.9 Å². The molecule has 1 aromatic carbocycles. The van der Waals surface area contributed by atoms with E-state index in [9.17, 15) is 0 Å². The van der Waals surface area contributed by atoms with Gasteiger partial charge >= 0.3 is 0 Å². The Morgan fingerprint density at radius 3 is 2.33 bits per heavy atom. The molecule has 1 nitrogen and oxygen atoms in total. The second-order valence-electron chi connectivity index (χ2n) is 4.43. The maximum atomic E-state index is 9.13. The number of aromatic hydroxyl groups is 1. The molecular weight excluding hydrogens is 208 g/mol. The van der Waals surface area contributed by atoms with E-state index in [0.29, 0.717) is 11.7 Å². The van der Waals surface area contributed by atoms with Gasteiger partial charge in [-0.3, -0.25) is 0 Å². The van der Waals surface area contributed by atoms with Gasteiger partial charge in [0.25, 0.3) is 0 Å². The molecule has 0 radical (unpaired) electrons. The zero-order chi connectivity index (χ0) is 11.3. The Hall–Kier alpha value is -0.690. The fraction of sp³-hybridized carbons (Fsp3) is 0.538. The maximum absolute atomic E-state index is 9.13. The van der Waals surface area contributed by atoms with Crippen molar-refractivity contribution in [3.8, 4) is 5.75 Å². The second kappa shape index (κ2) is 6.02. The number of rotatable bonds is 5. The van der Waals surface area contributed by atoms with E-state index in [0.717, 1.165) is 19.3 Å². The molecule has 1 atom stereocenters. The number of hydrogen-bond donors (Lipinski definition) is 1. The van der Waals surface area contributed by atoms with E-state index in [4.69, 9.17) is 16.7 Å². The summed E-state index contributed by atoms with van der Waals surface area (Å²) in [5.74, 6) is 0.982. The minimum atomic E-state index is 0.263. The third-order valence-corrected chi connectivity index (χ3v) is 2.81. The molecule has 15 heavy (non-hydrogen) atoms. The van der Waals surface area contributed by atoms with E-state index < -0.39 is 0 Å². The molecule has 1 aromatic rings. The number of aryl methyl sites for hydroxylation is 1. The SMILES string of the molecule is CC(C)CC(Cl)CCc1ccc(O)cc1. The van der Waals surface area contributed by atoms with Gasteiger partial charge in [0.2, 0.25) is 0 Å². The van der Waals surface area contributed by atoms with Gasteiger partial charge in [0.05, 0.1) is 0 Å². The van der Waals surface area contributed by atoms with Gasteiger partial charge in [0, 0.05) is 5.38 Å². The van der Waals surface area contributed by atoms with Crippen LogP contribution in [-0.2, 0) is 6.42 Å². The lowest BCUT2D eigenvalue weighted by Crippen LogP contribution is -2.04. The zero-order valence-electron chi connectivity index (χ0n) is 9.41. The van der Waals surface area contributed by atoms with Crippen LogP contribution in [0.2, 0.25) is 0 Å². The smallest absolute Gasteiger partial charge is 0.115 e. The summed E-state index contributed by atoms with van der Waals surface area (Å²) in [6, 6.07) is 7.35. The Bertz CT molecular complexity index is 279. The van der Waals surface area contributed by atoms with Crippen molar-refractivity contribution in [2.75, 3.05) is 0 Å². The molecule has 84 valence electrons. The van der Waals surface area contributed by atoms with Crippen molar-refractivity contribution in [3.05, 3.63) is 29.8 Å². The molecule has 1 unspecified atom stereocenters. The third-order valence-electron chi connectivity index (χ3n) is 2.41. The van der Waals surface area contributed by atoms with Gasteiger partial charge < -0.3 is 5.11 Å². The minimum Gasteiger partial charge on any atom is -0.508 e. The van der Waals surface area contributed by atoms with Crippen molar-refractivity contribution < 1.29 is 5.11 Å². The molecule has 0 aliphatic carbocycles. The van der Waals surface area contributed by atoms with Crippen LogP contribution in [0.5, 0.6) is 5.75 Å². The largest absolute Gasteiger partial charge is 0.508 e. The average molecular weight is 227 g/mol. The maximum Gasteiger partial charge on any atom is 0.115 e. The highest BCUT2D eigenvalue weighted by molar-refractivity contribution is 6.20. The summed E-state index contributed by atoms with van der Waals surface area (Å²) in [7, 11) is 0. The number of halogens is 1. The summed E-state index contributed by atoms with van der Waals surface area (Å²) in [4.78, 5) is 0. The van der Waals surface area contributed by atoms with E-state index in [-0.39, 0.29) is 5.38 Å². The Kier molecular flexibility index (Phi) is 4.97. The first kappa shape index (κ1) is 12.4. The predicted molar refractivity (Wildman–Crippen MR) is 65.5 cm³/mol. The summed E-state index contributed by atoms with van der Waals surface area (Å²) in [6.45, 7) is 4.38. The molecule has 0 heterocycles. The molecule has 1 rings (SSSR count). The highest BCUT2D eigenvalue weighted by Crippen LogP contribution is 2.18. The standard InChI is InChI=1S/C13H19ClO/c1-10(2)9-12(14)6-3-11-4-7-13(15)8-5-11/h4-5,7-8,10,12,15H,3,6,9H2,1-2H3. The van der Waals surface area contributed by atoms with Crippen LogP contribution in [0.3, 0.4) is 0 Å². The van der Waals surface area contributed by atoms with Gasteiger partial charge in [0.15, 0.2) is 0 Å². The molecule has 0 saturated heterocycles. The van der Waals surface area contributed by atoms with Crippen molar-refractivity contribution in [3.63, 3.8) is 0 Å². The molecule has 0 aliphatic rings. The van der Waals surface area contributed by atoms with Crippen molar-refractivity contribution in [1.29, 1.82) is 0 Å². The first-order chi connectivity index (χ1) is 7.08. The van der Waals surface area contributed by atoms with Crippen LogP contribution < -0.4 is 0 Å². The summed E-state index contributed by atoms with van der Waals surface area (Å²) in [5, 5.41) is 9.39. The molecule has 0 fully saturated rings. The van der Waals surface area contributed by atoms with Gasteiger partial charge in [-0.25, -0.2) is 0 Å². The normalized spacial score (nSPS) is 13.1. The van der Waals surface area contributed by atoms with Crippen LogP contribution in [0.25, 0.3) is 0 Å². The molecule has 0 spiro atoms. The molecule has 1 N–H and O–H groups in total. The van der Waals surface area contributed by atoms with Crippen molar-refractivity contribution in [2.45, 2.75) is 38.5 Å². The van der Waals surface area contributed by atoms with Crippen LogP contribution >= 0.6 is 11.6 Å². The van der Waals surface area contributed by atoms with Crippen LogP contribution in [0.1, 0.15) is 32.3 Å². The lowest BCUT2D eigenvalue weighted by Gasteiger charge is -2.11. The lowest BCUT2D eigenvalue weighted by atomic mass is 10.0. The van der Waals surface area contributed by atoms with Gasteiger partial charge in [-0.2, -0.15) is 0 Å². The lowest BCUT2D eigenvalue weighted by molar-refractivity contribution is 0.475. The van der Waals surface area contributed by atoms with E-state index >= 15 is 0 Å². The second-order valence-corrected chi connectivity index (χ2v) is 5.05. The molecule has 0 amide bonds. The Morgan fingerprint density at radius 2 is 1.80 bits per heavy atom. The summed E-state index contributed by atoms with van der Waals surface area (Å²) < 4.78 is 0. The third kappa shape index (κ3) is 5.08. The summed E-state index contributed by atoms with van der Waals surface area (Å²) >= 11 is 6.21. The highest BCUT2D eigenvalue weighted by Gasteiger charge is 2.07. The quantitative estimate of drug-likeness (QED) is 0.753. The van der Waals surface area contributed by atoms with Gasteiger partial charge in [0.1, 0.15) is 5.75 Å². The van der Waals surface area contributed by atoms with Crippen LogP contribution in [0, 0.1) is 5.92 Å². The number of phenols is 1. The Labute approximate surface area is 97.1 Å². The minimum absolute atomic E-state index is 0.263. The monoisotopic (exact) mass is 226 g/mol. The van der Waals surface area contributed by atoms with E-state index in [1.54, 1.807) is 12.1 Å². The highest BCUT2D eigenvalue weighted by atomic mass is 35.5. The molecule has 0 aliphatic heterocycles. The van der Waals surface area contributed by atoms with Gasteiger partial charge in [-0.1, -0.05) is 26.0 Å². The van der Waals surface area contributed by atoms with E-state index in [2.05, 4.69) is 13.8 Å². The topological polar surface area (TPSA) is 20.2 Å². The molecule has 2 heteroatoms.